The Kier molecular flexibility index (Phi) is 2.20. The van der Waals surface area contributed by atoms with Crippen LogP contribution in [0.4, 0.5) is 8.78 Å². The molecule has 0 aliphatic heterocycles. The lowest BCUT2D eigenvalue weighted by molar-refractivity contribution is 0.575. The maximum atomic E-state index is 13.0. The van der Waals surface area contributed by atoms with E-state index in [2.05, 4.69) is 6.58 Å². The molecule has 0 heterocycles. The summed E-state index contributed by atoms with van der Waals surface area (Å²) in [6.07, 6.45) is 1.23. The molecule has 0 bridgehead atoms. The summed E-state index contributed by atoms with van der Waals surface area (Å²) in [6.45, 7) is 3.32. The van der Waals surface area contributed by atoms with Crippen molar-refractivity contribution in [2.45, 2.75) is 0 Å². The maximum Gasteiger partial charge on any atom is 0.151 e. The van der Waals surface area contributed by atoms with Gasteiger partial charge in [0.25, 0.3) is 0 Å². The molecule has 0 aliphatic carbocycles. The molecule has 1 nitrogen and oxygen atoms in total. The molecule has 0 unspecified atom stereocenters. The highest BCUT2D eigenvalue weighted by Crippen LogP contribution is 2.16. The van der Waals surface area contributed by atoms with Gasteiger partial charge in [-0.15, -0.1) is 0 Å². The summed E-state index contributed by atoms with van der Waals surface area (Å²) in [5, 5.41) is 8.35. The zero-order chi connectivity index (χ0) is 9.14. The Bertz CT molecular complexity index is 364. The highest BCUT2D eigenvalue weighted by molar-refractivity contribution is 5.52. The van der Waals surface area contributed by atoms with Gasteiger partial charge in [0.1, 0.15) is 17.4 Å². The highest BCUT2D eigenvalue weighted by atomic mass is 19.1. The predicted molar refractivity (Wildman–Crippen MR) is 41.2 cm³/mol. The Morgan fingerprint density at radius 2 is 2.08 bits per heavy atom. The van der Waals surface area contributed by atoms with Crippen LogP contribution in [0.5, 0.6) is 0 Å². The second-order valence-corrected chi connectivity index (χ2v) is 2.14. The molecule has 0 saturated carbocycles. The van der Waals surface area contributed by atoms with Crippen molar-refractivity contribution >= 4 is 6.08 Å². The largest absolute Gasteiger partial charge is 0.205 e. The lowest BCUT2D eigenvalue weighted by Gasteiger charge is -1.98. The second kappa shape index (κ2) is 3.14. The van der Waals surface area contributed by atoms with Gasteiger partial charge in [-0.1, -0.05) is 12.7 Å². The number of hydrogen-bond acceptors (Lipinski definition) is 1. The van der Waals surface area contributed by atoms with Gasteiger partial charge >= 0.3 is 0 Å². The first-order chi connectivity index (χ1) is 5.70. The summed E-state index contributed by atoms with van der Waals surface area (Å²) in [5.41, 5.74) is -0.430. The summed E-state index contributed by atoms with van der Waals surface area (Å²) in [5.74, 6) is -1.70. The van der Waals surface area contributed by atoms with Crippen LogP contribution in [0.2, 0.25) is 0 Å². The van der Waals surface area contributed by atoms with Crippen LogP contribution in [0.25, 0.3) is 6.08 Å². The number of benzene rings is 1. The molecular formula is C9H5F2N. The van der Waals surface area contributed by atoms with E-state index in [9.17, 15) is 8.78 Å². The van der Waals surface area contributed by atoms with Crippen LogP contribution in [-0.4, -0.2) is 0 Å². The van der Waals surface area contributed by atoms with Crippen molar-refractivity contribution in [3.63, 3.8) is 0 Å². The Balaban J connectivity index is 3.46. The van der Waals surface area contributed by atoms with Gasteiger partial charge in [0, 0.05) is 5.56 Å². The monoisotopic (exact) mass is 165 g/mol. The second-order valence-electron chi connectivity index (χ2n) is 2.14. The Morgan fingerprint density at radius 1 is 1.42 bits per heavy atom. The molecule has 1 aromatic rings. The fourth-order valence-electron chi connectivity index (χ4n) is 0.829. The van der Waals surface area contributed by atoms with E-state index in [0.29, 0.717) is 0 Å². The molecular weight excluding hydrogens is 160 g/mol. The van der Waals surface area contributed by atoms with Crippen LogP contribution in [0.3, 0.4) is 0 Å². The molecule has 1 rings (SSSR count). The molecule has 60 valence electrons. The molecule has 0 saturated heterocycles. The fraction of sp³-hybridized carbons (Fsp3) is 0. The van der Waals surface area contributed by atoms with Crippen molar-refractivity contribution in [3.8, 4) is 6.07 Å². The van der Waals surface area contributed by atoms with E-state index in [-0.39, 0.29) is 5.56 Å². The predicted octanol–water partition coefficient (Wildman–Crippen LogP) is 2.48. The molecule has 0 N–H and O–H groups in total. The van der Waals surface area contributed by atoms with E-state index >= 15 is 0 Å². The summed E-state index contributed by atoms with van der Waals surface area (Å²) < 4.78 is 25.7. The Labute approximate surface area is 68.6 Å². The zero-order valence-corrected chi connectivity index (χ0v) is 6.14. The van der Waals surface area contributed by atoms with Crippen molar-refractivity contribution < 1.29 is 8.78 Å². The molecule has 0 amide bonds. The third-order valence-corrected chi connectivity index (χ3v) is 1.45. The fourth-order valence-corrected chi connectivity index (χ4v) is 0.829. The topological polar surface area (TPSA) is 23.8 Å². The lowest BCUT2D eigenvalue weighted by Crippen LogP contribution is -1.92. The molecule has 3 heteroatoms. The summed E-state index contributed by atoms with van der Waals surface area (Å²) in [7, 11) is 0. The molecule has 0 aromatic heterocycles. The van der Waals surface area contributed by atoms with Gasteiger partial charge in [-0.2, -0.15) is 5.26 Å². The number of nitrogens with zero attached hydrogens (tertiary/aromatic N) is 1. The summed E-state index contributed by atoms with van der Waals surface area (Å²) >= 11 is 0. The zero-order valence-electron chi connectivity index (χ0n) is 6.14. The van der Waals surface area contributed by atoms with E-state index in [0.717, 1.165) is 6.07 Å². The van der Waals surface area contributed by atoms with Crippen LogP contribution in [-0.2, 0) is 0 Å². The minimum absolute atomic E-state index is 0.132. The maximum absolute atomic E-state index is 13.0. The van der Waals surface area contributed by atoms with Gasteiger partial charge in [-0.3, -0.25) is 0 Å². The molecule has 0 radical (unpaired) electrons. The first kappa shape index (κ1) is 8.41. The van der Waals surface area contributed by atoms with Crippen LogP contribution in [0, 0.1) is 23.0 Å². The molecule has 0 atom stereocenters. The van der Waals surface area contributed by atoms with Gasteiger partial charge < -0.3 is 0 Å². The van der Waals surface area contributed by atoms with Gasteiger partial charge in [0.2, 0.25) is 0 Å². The van der Waals surface area contributed by atoms with Crippen LogP contribution in [0.15, 0.2) is 18.7 Å². The average molecular weight is 165 g/mol. The number of nitriles is 1. The average Bonchev–Trinajstić information content (AvgIpc) is 2.06. The summed E-state index contributed by atoms with van der Waals surface area (Å²) in [6, 6.07) is 3.72. The van der Waals surface area contributed by atoms with E-state index in [1.807, 2.05) is 0 Å². The quantitative estimate of drug-likeness (QED) is 0.627. The van der Waals surface area contributed by atoms with Gasteiger partial charge in [-0.05, 0) is 12.1 Å². The SMILES string of the molecule is C=Cc1ccc(F)c(C#N)c1F. The lowest BCUT2D eigenvalue weighted by atomic mass is 10.1. The minimum atomic E-state index is -0.854. The molecule has 0 spiro atoms. The number of rotatable bonds is 1. The van der Waals surface area contributed by atoms with Gasteiger partial charge in [-0.25, -0.2) is 8.78 Å². The molecule has 0 fully saturated rings. The number of hydrogen-bond donors (Lipinski definition) is 0. The number of halogens is 2. The minimum Gasteiger partial charge on any atom is -0.205 e. The van der Waals surface area contributed by atoms with Crippen LogP contribution >= 0.6 is 0 Å². The van der Waals surface area contributed by atoms with Crippen molar-refractivity contribution in [1.82, 2.24) is 0 Å². The van der Waals surface area contributed by atoms with Crippen molar-refractivity contribution in [2.24, 2.45) is 0 Å². The Morgan fingerprint density at radius 3 is 2.58 bits per heavy atom. The van der Waals surface area contributed by atoms with Crippen LogP contribution < -0.4 is 0 Å². The van der Waals surface area contributed by atoms with Crippen molar-refractivity contribution in [1.29, 1.82) is 5.26 Å². The van der Waals surface area contributed by atoms with E-state index < -0.39 is 17.2 Å². The standard InChI is InChI=1S/C9H5F2N/c1-2-6-3-4-8(10)7(5-12)9(6)11/h2-4H,1H2. The normalized spacial score (nSPS) is 9.08. The van der Waals surface area contributed by atoms with Crippen molar-refractivity contribution in [2.75, 3.05) is 0 Å². The molecule has 12 heavy (non-hydrogen) atoms. The summed E-state index contributed by atoms with van der Waals surface area (Å²) in [4.78, 5) is 0. The third kappa shape index (κ3) is 1.19. The highest BCUT2D eigenvalue weighted by Gasteiger charge is 2.10. The van der Waals surface area contributed by atoms with Gasteiger partial charge in [0.05, 0.1) is 0 Å². The smallest absolute Gasteiger partial charge is 0.151 e. The third-order valence-electron chi connectivity index (χ3n) is 1.45. The van der Waals surface area contributed by atoms with E-state index in [1.165, 1.54) is 18.2 Å². The Hall–Kier alpha value is -1.69. The first-order valence-electron chi connectivity index (χ1n) is 3.21. The van der Waals surface area contributed by atoms with Crippen LogP contribution in [0.1, 0.15) is 11.1 Å². The molecule has 0 aliphatic rings. The van der Waals surface area contributed by atoms with E-state index in [1.54, 1.807) is 0 Å². The van der Waals surface area contributed by atoms with Crippen molar-refractivity contribution in [3.05, 3.63) is 41.5 Å². The first-order valence-corrected chi connectivity index (χ1v) is 3.21. The van der Waals surface area contributed by atoms with Gasteiger partial charge in [0.15, 0.2) is 5.82 Å². The van der Waals surface area contributed by atoms with E-state index in [4.69, 9.17) is 5.26 Å². The molecule has 1 aromatic carbocycles.